The summed E-state index contributed by atoms with van der Waals surface area (Å²) in [4.78, 5) is 12.1. The van der Waals surface area contributed by atoms with Gasteiger partial charge in [-0.05, 0) is 48.5 Å². The highest BCUT2D eigenvalue weighted by molar-refractivity contribution is 9.10. The molecule has 2 aromatic rings. The first-order valence-electron chi connectivity index (χ1n) is 6.12. The Hall–Kier alpha value is -1.92. The van der Waals surface area contributed by atoms with Gasteiger partial charge in [0, 0.05) is 15.7 Å². The molecule has 2 aromatic carbocycles. The summed E-state index contributed by atoms with van der Waals surface area (Å²) in [5, 5.41) is 2.74. The van der Waals surface area contributed by atoms with Crippen molar-refractivity contribution in [2.75, 3.05) is 11.9 Å². The van der Waals surface area contributed by atoms with E-state index >= 15 is 0 Å². The average Bonchev–Trinajstić information content (AvgIpc) is 2.48. The van der Waals surface area contributed by atoms with E-state index in [4.69, 9.17) is 22.7 Å². The third-order valence-electron chi connectivity index (χ3n) is 2.64. The van der Waals surface area contributed by atoms with Gasteiger partial charge in [0.2, 0.25) is 0 Å². The molecule has 0 saturated heterocycles. The molecule has 0 radical (unpaired) electrons. The molecule has 21 heavy (non-hydrogen) atoms. The standard InChI is InChI=1S/C15H13BrN2O2S/c16-11-3-5-12(6-4-11)18-14(19)9-20-13-7-1-10(2-8-13)15(17)21/h1-8H,9H2,(H2,17,21)(H,18,19). The maximum atomic E-state index is 11.8. The molecular formula is C15H13BrN2O2S. The zero-order valence-electron chi connectivity index (χ0n) is 11.0. The van der Waals surface area contributed by atoms with Gasteiger partial charge in [0.25, 0.3) is 5.91 Å². The van der Waals surface area contributed by atoms with E-state index in [1.165, 1.54) is 0 Å². The van der Waals surface area contributed by atoms with E-state index in [0.717, 1.165) is 15.7 Å². The van der Waals surface area contributed by atoms with Gasteiger partial charge in [0.1, 0.15) is 10.7 Å². The summed E-state index contributed by atoms with van der Waals surface area (Å²) in [5.41, 5.74) is 6.98. The van der Waals surface area contributed by atoms with Crippen LogP contribution in [0.15, 0.2) is 53.0 Å². The topological polar surface area (TPSA) is 64.3 Å². The highest BCUT2D eigenvalue weighted by Crippen LogP contribution is 2.15. The van der Waals surface area contributed by atoms with Crippen molar-refractivity contribution >= 4 is 44.7 Å². The number of anilines is 1. The van der Waals surface area contributed by atoms with Crippen LogP contribution in [0.4, 0.5) is 5.69 Å². The predicted molar refractivity (Wildman–Crippen MR) is 90.6 cm³/mol. The predicted octanol–water partition coefficient (Wildman–Crippen LogP) is 3.10. The van der Waals surface area contributed by atoms with Gasteiger partial charge in [-0.25, -0.2) is 0 Å². The summed E-state index contributed by atoms with van der Waals surface area (Å²) < 4.78 is 6.35. The van der Waals surface area contributed by atoms with Crippen LogP contribution in [0.25, 0.3) is 0 Å². The summed E-state index contributed by atoms with van der Waals surface area (Å²) in [6, 6.07) is 14.3. The largest absolute Gasteiger partial charge is 0.484 e. The number of halogens is 1. The monoisotopic (exact) mass is 364 g/mol. The number of benzene rings is 2. The molecule has 0 atom stereocenters. The Kier molecular flexibility index (Phi) is 5.30. The normalized spacial score (nSPS) is 9.95. The van der Waals surface area contributed by atoms with E-state index in [-0.39, 0.29) is 12.5 Å². The zero-order chi connectivity index (χ0) is 15.2. The quantitative estimate of drug-likeness (QED) is 0.800. The van der Waals surface area contributed by atoms with Crippen molar-refractivity contribution in [3.05, 3.63) is 58.6 Å². The Labute approximate surface area is 136 Å². The highest BCUT2D eigenvalue weighted by Gasteiger charge is 2.04. The van der Waals surface area contributed by atoms with Crippen LogP contribution in [0.1, 0.15) is 5.56 Å². The molecule has 6 heteroatoms. The van der Waals surface area contributed by atoms with Crippen LogP contribution < -0.4 is 15.8 Å². The van der Waals surface area contributed by atoms with Crippen molar-refractivity contribution in [3.63, 3.8) is 0 Å². The number of nitrogens with one attached hydrogen (secondary N) is 1. The average molecular weight is 365 g/mol. The maximum absolute atomic E-state index is 11.8. The first-order chi connectivity index (χ1) is 10.0. The second kappa shape index (κ2) is 7.19. The minimum Gasteiger partial charge on any atom is -0.484 e. The van der Waals surface area contributed by atoms with Crippen LogP contribution in [-0.4, -0.2) is 17.5 Å². The number of hydrogen-bond acceptors (Lipinski definition) is 3. The van der Waals surface area contributed by atoms with E-state index < -0.39 is 0 Å². The van der Waals surface area contributed by atoms with Crippen LogP contribution in [-0.2, 0) is 4.79 Å². The van der Waals surface area contributed by atoms with Gasteiger partial charge in [-0.2, -0.15) is 0 Å². The molecule has 0 saturated carbocycles. The molecule has 0 heterocycles. The Morgan fingerprint density at radius 3 is 2.33 bits per heavy atom. The van der Waals surface area contributed by atoms with Crippen molar-refractivity contribution < 1.29 is 9.53 Å². The Bertz CT molecular complexity index is 642. The number of amides is 1. The molecule has 0 fully saturated rings. The van der Waals surface area contributed by atoms with E-state index in [0.29, 0.717) is 10.7 Å². The SMILES string of the molecule is NC(=S)c1ccc(OCC(=O)Nc2ccc(Br)cc2)cc1. The van der Waals surface area contributed by atoms with E-state index in [1.54, 1.807) is 36.4 Å². The third-order valence-corrected chi connectivity index (χ3v) is 3.40. The van der Waals surface area contributed by atoms with Crippen LogP contribution >= 0.6 is 28.1 Å². The lowest BCUT2D eigenvalue weighted by atomic mass is 10.2. The van der Waals surface area contributed by atoms with Crippen molar-refractivity contribution in [3.8, 4) is 5.75 Å². The lowest BCUT2D eigenvalue weighted by Crippen LogP contribution is -2.20. The summed E-state index contributed by atoms with van der Waals surface area (Å²) in [6.45, 7) is -0.0670. The molecule has 4 nitrogen and oxygen atoms in total. The smallest absolute Gasteiger partial charge is 0.262 e. The molecule has 0 spiro atoms. The van der Waals surface area contributed by atoms with Gasteiger partial charge >= 0.3 is 0 Å². The second-order valence-electron chi connectivity index (χ2n) is 4.23. The molecule has 3 N–H and O–H groups in total. The third kappa shape index (κ3) is 4.84. The fourth-order valence-corrected chi connectivity index (χ4v) is 2.00. The minimum absolute atomic E-state index is 0.0670. The molecule has 0 aliphatic heterocycles. The zero-order valence-corrected chi connectivity index (χ0v) is 13.4. The van der Waals surface area contributed by atoms with Crippen molar-refractivity contribution in [1.29, 1.82) is 0 Å². The van der Waals surface area contributed by atoms with Crippen LogP contribution in [0.2, 0.25) is 0 Å². The fraction of sp³-hybridized carbons (Fsp3) is 0.0667. The summed E-state index contributed by atoms with van der Waals surface area (Å²) in [7, 11) is 0. The molecule has 108 valence electrons. The summed E-state index contributed by atoms with van der Waals surface area (Å²) in [5.74, 6) is 0.358. The molecular weight excluding hydrogens is 352 g/mol. The number of nitrogens with two attached hydrogens (primary N) is 1. The minimum atomic E-state index is -0.226. The Balaban J connectivity index is 1.86. The van der Waals surface area contributed by atoms with Gasteiger partial charge in [-0.3, -0.25) is 4.79 Å². The van der Waals surface area contributed by atoms with E-state index in [9.17, 15) is 4.79 Å². The summed E-state index contributed by atoms with van der Waals surface area (Å²) >= 11 is 8.20. The molecule has 0 aliphatic rings. The van der Waals surface area contributed by atoms with Crippen molar-refractivity contribution in [2.45, 2.75) is 0 Å². The van der Waals surface area contributed by atoms with E-state index in [1.807, 2.05) is 12.1 Å². The number of carbonyl (C=O) groups excluding carboxylic acids is 1. The lowest BCUT2D eigenvalue weighted by Gasteiger charge is -2.08. The second-order valence-corrected chi connectivity index (χ2v) is 5.59. The van der Waals surface area contributed by atoms with Crippen molar-refractivity contribution in [1.82, 2.24) is 0 Å². The number of hydrogen-bond donors (Lipinski definition) is 2. The number of thiocarbonyl (C=S) groups is 1. The van der Waals surface area contributed by atoms with Gasteiger partial charge in [-0.1, -0.05) is 28.1 Å². The van der Waals surface area contributed by atoms with Gasteiger partial charge in [-0.15, -0.1) is 0 Å². The first-order valence-corrected chi connectivity index (χ1v) is 7.33. The Morgan fingerprint density at radius 2 is 1.76 bits per heavy atom. The first kappa shape index (κ1) is 15.5. The Morgan fingerprint density at radius 1 is 1.14 bits per heavy atom. The molecule has 0 aromatic heterocycles. The van der Waals surface area contributed by atoms with E-state index in [2.05, 4.69) is 21.2 Å². The molecule has 0 unspecified atom stereocenters. The van der Waals surface area contributed by atoms with Crippen LogP contribution in [0.3, 0.4) is 0 Å². The van der Waals surface area contributed by atoms with Gasteiger partial charge in [0.05, 0.1) is 0 Å². The molecule has 0 bridgehead atoms. The fourth-order valence-electron chi connectivity index (χ4n) is 1.59. The summed E-state index contributed by atoms with van der Waals surface area (Å²) in [6.07, 6.45) is 0. The van der Waals surface area contributed by atoms with Gasteiger partial charge < -0.3 is 15.8 Å². The van der Waals surface area contributed by atoms with Crippen LogP contribution in [0.5, 0.6) is 5.75 Å². The number of rotatable bonds is 5. The molecule has 0 aliphatic carbocycles. The maximum Gasteiger partial charge on any atom is 0.262 e. The molecule has 1 amide bonds. The lowest BCUT2D eigenvalue weighted by molar-refractivity contribution is -0.118. The number of carbonyl (C=O) groups is 1. The van der Waals surface area contributed by atoms with Crippen LogP contribution in [0, 0.1) is 0 Å². The number of ether oxygens (including phenoxy) is 1. The van der Waals surface area contributed by atoms with Gasteiger partial charge in [0.15, 0.2) is 6.61 Å². The van der Waals surface area contributed by atoms with Crippen molar-refractivity contribution in [2.24, 2.45) is 5.73 Å². The molecule has 2 rings (SSSR count). The highest BCUT2D eigenvalue weighted by atomic mass is 79.9.